The maximum atomic E-state index is 6.10. The van der Waals surface area contributed by atoms with Crippen molar-refractivity contribution in [1.82, 2.24) is 9.97 Å². The van der Waals surface area contributed by atoms with Gasteiger partial charge in [-0.2, -0.15) is 0 Å². The van der Waals surface area contributed by atoms with E-state index >= 15 is 0 Å². The lowest BCUT2D eigenvalue weighted by atomic mass is 10.4. The summed E-state index contributed by atoms with van der Waals surface area (Å²) in [6.45, 7) is 0. The van der Waals surface area contributed by atoms with Gasteiger partial charge in [0.1, 0.15) is 10.2 Å². The zero-order valence-corrected chi connectivity index (χ0v) is 13.1. The number of nitrogens with zero attached hydrogens (tertiary/aromatic N) is 2. The first-order valence-corrected chi connectivity index (χ1v) is 7.97. The first-order valence-electron chi connectivity index (χ1n) is 4.80. The maximum Gasteiger partial charge on any atom is 0.189 e. The van der Waals surface area contributed by atoms with Gasteiger partial charge in [-0.25, -0.2) is 9.97 Å². The Morgan fingerprint density at radius 3 is 2.56 bits per heavy atom. The van der Waals surface area contributed by atoms with Gasteiger partial charge in [0.05, 0.1) is 5.02 Å². The molecule has 0 radical (unpaired) electrons. The van der Waals surface area contributed by atoms with Crippen molar-refractivity contribution in [2.45, 2.75) is 15.1 Å². The third kappa shape index (κ3) is 3.68. The van der Waals surface area contributed by atoms with Crippen molar-refractivity contribution in [1.29, 1.82) is 0 Å². The van der Waals surface area contributed by atoms with E-state index in [1.165, 1.54) is 23.5 Å². The van der Waals surface area contributed by atoms with E-state index in [2.05, 4.69) is 9.97 Å². The molecule has 0 unspecified atom stereocenters. The molecule has 0 N–H and O–H groups in total. The van der Waals surface area contributed by atoms with Gasteiger partial charge in [-0.3, -0.25) is 0 Å². The van der Waals surface area contributed by atoms with E-state index in [4.69, 9.17) is 34.8 Å². The molecule has 1 heterocycles. The minimum absolute atomic E-state index is 0.412. The van der Waals surface area contributed by atoms with Crippen molar-refractivity contribution in [2.24, 2.45) is 0 Å². The lowest BCUT2D eigenvalue weighted by Crippen LogP contribution is -1.89. The summed E-state index contributed by atoms with van der Waals surface area (Å²) in [5.74, 6) is 0. The fraction of sp³-hybridized carbons (Fsp3) is 0.0909. The molecule has 0 amide bonds. The van der Waals surface area contributed by atoms with Crippen LogP contribution in [0.25, 0.3) is 0 Å². The minimum atomic E-state index is 0.412. The summed E-state index contributed by atoms with van der Waals surface area (Å²) in [6.07, 6.45) is 1.90. The molecule has 0 spiro atoms. The third-order valence-corrected chi connectivity index (χ3v) is 4.34. The Morgan fingerprint density at radius 2 is 1.83 bits per heavy atom. The zero-order chi connectivity index (χ0) is 13.1. The maximum absolute atomic E-state index is 6.10. The quantitative estimate of drug-likeness (QED) is 0.430. The zero-order valence-electron chi connectivity index (χ0n) is 9.15. The smallest absolute Gasteiger partial charge is 0.189 e. The summed E-state index contributed by atoms with van der Waals surface area (Å²) in [6, 6.07) is 6.99. The summed E-state index contributed by atoms with van der Waals surface area (Å²) < 4.78 is 0. The number of halogens is 3. The average Bonchev–Trinajstić information content (AvgIpc) is 2.33. The minimum Gasteiger partial charge on any atom is -0.216 e. The Bertz CT molecular complexity index is 578. The molecule has 2 aromatic rings. The van der Waals surface area contributed by atoms with Gasteiger partial charge >= 0.3 is 0 Å². The van der Waals surface area contributed by atoms with Crippen LogP contribution < -0.4 is 0 Å². The molecule has 7 heteroatoms. The molecule has 2 nitrogen and oxygen atoms in total. The molecule has 2 rings (SSSR count). The first-order chi connectivity index (χ1) is 8.58. The molecule has 0 atom stereocenters. The van der Waals surface area contributed by atoms with Crippen molar-refractivity contribution < 1.29 is 0 Å². The van der Waals surface area contributed by atoms with E-state index < -0.39 is 0 Å². The summed E-state index contributed by atoms with van der Waals surface area (Å²) in [4.78, 5) is 9.26. The Hall–Kier alpha value is -0.130. The number of rotatable bonds is 3. The van der Waals surface area contributed by atoms with Crippen LogP contribution in [-0.2, 0) is 0 Å². The fourth-order valence-corrected chi connectivity index (χ4v) is 3.27. The second kappa shape index (κ2) is 6.35. The van der Waals surface area contributed by atoms with Crippen LogP contribution in [0.5, 0.6) is 0 Å². The number of benzene rings is 1. The van der Waals surface area contributed by atoms with E-state index in [0.717, 1.165) is 9.92 Å². The van der Waals surface area contributed by atoms with Gasteiger partial charge in [0.15, 0.2) is 5.16 Å². The van der Waals surface area contributed by atoms with Crippen molar-refractivity contribution in [2.75, 3.05) is 6.26 Å². The van der Waals surface area contributed by atoms with Gasteiger partial charge in [-0.1, -0.05) is 58.3 Å². The molecule has 0 saturated heterocycles. The van der Waals surface area contributed by atoms with Gasteiger partial charge in [0.2, 0.25) is 0 Å². The van der Waals surface area contributed by atoms with Crippen LogP contribution in [0.1, 0.15) is 0 Å². The Morgan fingerprint density at radius 1 is 1.06 bits per heavy atom. The fourth-order valence-electron chi connectivity index (χ4n) is 1.19. The molecule has 94 valence electrons. The molecule has 0 bridgehead atoms. The largest absolute Gasteiger partial charge is 0.216 e. The van der Waals surface area contributed by atoms with E-state index in [9.17, 15) is 0 Å². The van der Waals surface area contributed by atoms with E-state index in [1.54, 1.807) is 24.3 Å². The van der Waals surface area contributed by atoms with Crippen LogP contribution in [-0.4, -0.2) is 16.2 Å². The normalized spacial score (nSPS) is 10.7. The second-order valence-electron chi connectivity index (χ2n) is 3.19. The number of hydrogen-bond acceptors (Lipinski definition) is 4. The highest BCUT2D eigenvalue weighted by Gasteiger charge is 2.08. The number of thioether (sulfide) groups is 1. The van der Waals surface area contributed by atoms with Crippen LogP contribution in [0.4, 0.5) is 0 Å². The molecular weight excluding hydrogens is 331 g/mol. The molecular formula is C11H7Cl3N2S2. The van der Waals surface area contributed by atoms with Crippen LogP contribution in [0.15, 0.2) is 39.3 Å². The molecule has 1 aromatic carbocycles. The molecule has 1 aromatic heterocycles. The van der Waals surface area contributed by atoms with Gasteiger partial charge in [-0.05, 0) is 24.5 Å². The molecule has 0 aliphatic carbocycles. The topological polar surface area (TPSA) is 25.8 Å². The van der Waals surface area contributed by atoms with Gasteiger partial charge in [-0.15, -0.1) is 0 Å². The van der Waals surface area contributed by atoms with E-state index in [-0.39, 0.29) is 0 Å². The number of hydrogen-bond donors (Lipinski definition) is 0. The predicted octanol–water partition coefficient (Wildman–Crippen LogP) is 5.31. The Balaban J connectivity index is 2.33. The van der Waals surface area contributed by atoms with Crippen LogP contribution in [0, 0.1) is 0 Å². The molecule has 0 fully saturated rings. The Kier molecular flexibility index (Phi) is 5.04. The standard InChI is InChI=1S/C11H7Cl3N2S2/c1-17-11-15-9(14)5-10(16-11)18-8-4-6(12)2-3-7(8)13/h2-5H,1H3. The van der Waals surface area contributed by atoms with Crippen LogP contribution >= 0.6 is 58.3 Å². The predicted molar refractivity (Wildman–Crippen MR) is 79.4 cm³/mol. The second-order valence-corrected chi connectivity index (χ2v) is 6.26. The lowest BCUT2D eigenvalue weighted by Gasteiger charge is -2.05. The van der Waals surface area contributed by atoms with Crippen LogP contribution in [0.3, 0.4) is 0 Å². The van der Waals surface area contributed by atoms with Gasteiger partial charge < -0.3 is 0 Å². The molecule has 18 heavy (non-hydrogen) atoms. The highest BCUT2D eigenvalue weighted by Crippen LogP contribution is 2.35. The number of aromatic nitrogens is 2. The average molecular weight is 338 g/mol. The highest BCUT2D eigenvalue weighted by atomic mass is 35.5. The molecule has 0 saturated carbocycles. The van der Waals surface area contributed by atoms with Gasteiger partial charge in [0.25, 0.3) is 0 Å². The van der Waals surface area contributed by atoms with Crippen molar-refractivity contribution in [3.05, 3.63) is 39.5 Å². The van der Waals surface area contributed by atoms with E-state index in [1.807, 2.05) is 6.26 Å². The summed E-state index contributed by atoms with van der Waals surface area (Å²) in [7, 11) is 0. The lowest BCUT2D eigenvalue weighted by molar-refractivity contribution is 0.894. The first kappa shape index (κ1) is 14.3. The van der Waals surface area contributed by atoms with Crippen molar-refractivity contribution >= 4 is 58.3 Å². The summed E-state index contributed by atoms with van der Waals surface area (Å²) in [5.41, 5.74) is 0. The SMILES string of the molecule is CSc1nc(Cl)cc(Sc2cc(Cl)ccc2Cl)n1. The molecule has 0 aliphatic heterocycles. The Labute approximate surface area is 128 Å². The van der Waals surface area contributed by atoms with E-state index in [0.29, 0.717) is 20.4 Å². The third-order valence-electron chi connectivity index (χ3n) is 1.94. The monoisotopic (exact) mass is 336 g/mol. The molecule has 0 aliphatic rings. The van der Waals surface area contributed by atoms with Crippen molar-refractivity contribution in [3.63, 3.8) is 0 Å². The summed E-state index contributed by atoms with van der Waals surface area (Å²) in [5, 5.41) is 3.04. The van der Waals surface area contributed by atoms with Gasteiger partial charge in [0, 0.05) is 16.0 Å². The van der Waals surface area contributed by atoms with Crippen molar-refractivity contribution in [3.8, 4) is 0 Å². The summed E-state index contributed by atoms with van der Waals surface area (Å²) >= 11 is 20.8. The van der Waals surface area contributed by atoms with Crippen LogP contribution in [0.2, 0.25) is 15.2 Å². The highest BCUT2D eigenvalue weighted by molar-refractivity contribution is 7.99.